The van der Waals surface area contributed by atoms with Crippen LogP contribution in [0.2, 0.25) is 10.0 Å². The number of halogens is 2. The second-order valence-corrected chi connectivity index (χ2v) is 9.40. The largest absolute Gasteiger partial charge is 0.342 e. The molecule has 0 radical (unpaired) electrons. The van der Waals surface area contributed by atoms with Gasteiger partial charge in [0.1, 0.15) is 5.54 Å². The van der Waals surface area contributed by atoms with Gasteiger partial charge >= 0.3 is 0 Å². The second-order valence-electron chi connectivity index (χ2n) is 8.52. The van der Waals surface area contributed by atoms with Crippen molar-refractivity contribution in [1.29, 1.82) is 0 Å². The molecule has 2 aromatic heterocycles. The number of benzene rings is 3. The Balaban J connectivity index is 1.59. The van der Waals surface area contributed by atoms with Crippen molar-refractivity contribution < 1.29 is 0 Å². The molecule has 3 heterocycles. The molecule has 0 aliphatic carbocycles. The van der Waals surface area contributed by atoms with Gasteiger partial charge < -0.3 is 15.6 Å². The van der Waals surface area contributed by atoms with E-state index < -0.39 is 5.54 Å². The molecule has 2 atom stereocenters. The van der Waals surface area contributed by atoms with Gasteiger partial charge in [-0.2, -0.15) is 4.68 Å². The summed E-state index contributed by atoms with van der Waals surface area (Å²) in [5, 5.41) is 16.9. The summed E-state index contributed by atoms with van der Waals surface area (Å²) in [7, 11) is 1.93. The van der Waals surface area contributed by atoms with Gasteiger partial charge in [-0.3, -0.25) is 0 Å². The Hall–Kier alpha value is -3.72. The minimum atomic E-state index is -0.995. The van der Waals surface area contributed by atoms with Gasteiger partial charge in [-0.15, -0.1) is 0 Å². The number of aryl methyl sites for hydroxylation is 1. The molecule has 0 fully saturated rings. The van der Waals surface area contributed by atoms with Crippen LogP contribution in [0.5, 0.6) is 0 Å². The maximum atomic E-state index is 7.28. The highest BCUT2D eigenvalue weighted by Gasteiger charge is 2.37. The van der Waals surface area contributed by atoms with Crippen LogP contribution in [0.25, 0.3) is 5.69 Å². The van der Waals surface area contributed by atoms with Crippen LogP contribution in [0, 0.1) is 0 Å². The summed E-state index contributed by atoms with van der Waals surface area (Å²) in [4.78, 5) is 4.34. The van der Waals surface area contributed by atoms with Crippen LogP contribution in [0.1, 0.15) is 34.0 Å². The predicted molar refractivity (Wildman–Crippen MR) is 135 cm³/mol. The SMILES string of the molecule is Cn1cncc1C(N)(c1ccc(Cl)cc1)c1ccc2c(c1)C(c1cccc(Cl)c1)Nc1nnnn1-2. The molecule has 6 rings (SSSR count). The van der Waals surface area contributed by atoms with Crippen molar-refractivity contribution in [3.63, 3.8) is 0 Å². The van der Waals surface area contributed by atoms with E-state index in [9.17, 15) is 0 Å². The fraction of sp³-hybridized carbons (Fsp3) is 0.120. The van der Waals surface area contributed by atoms with Crippen LogP contribution in [-0.2, 0) is 12.6 Å². The molecule has 8 nitrogen and oxygen atoms in total. The molecule has 2 unspecified atom stereocenters. The van der Waals surface area contributed by atoms with Crippen molar-refractivity contribution >= 4 is 29.2 Å². The lowest BCUT2D eigenvalue weighted by Crippen LogP contribution is -2.41. The van der Waals surface area contributed by atoms with Gasteiger partial charge in [-0.25, -0.2) is 4.98 Å². The zero-order chi connectivity index (χ0) is 24.2. The van der Waals surface area contributed by atoms with Crippen molar-refractivity contribution in [1.82, 2.24) is 29.8 Å². The van der Waals surface area contributed by atoms with Crippen molar-refractivity contribution in [3.8, 4) is 5.69 Å². The van der Waals surface area contributed by atoms with E-state index >= 15 is 0 Å². The van der Waals surface area contributed by atoms with Gasteiger partial charge in [0.2, 0.25) is 5.95 Å². The Morgan fingerprint density at radius 3 is 2.51 bits per heavy atom. The van der Waals surface area contributed by atoms with E-state index in [1.165, 1.54) is 0 Å². The Labute approximate surface area is 211 Å². The highest BCUT2D eigenvalue weighted by molar-refractivity contribution is 6.30. The first-order valence-corrected chi connectivity index (χ1v) is 11.7. The third kappa shape index (κ3) is 3.49. The number of rotatable bonds is 4. The van der Waals surface area contributed by atoms with E-state index in [1.54, 1.807) is 17.2 Å². The Morgan fingerprint density at radius 1 is 0.971 bits per heavy atom. The van der Waals surface area contributed by atoms with Gasteiger partial charge in [0.05, 0.1) is 29.9 Å². The maximum absolute atomic E-state index is 7.28. The van der Waals surface area contributed by atoms with E-state index in [0.29, 0.717) is 16.0 Å². The Bertz CT molecular complexity index is 1540. The number of nitrogens with one attached hydrogen (secondary N) is 1. The zero-order valence-corrected chi connectivity index (χ0v) is 20.1. The molecule has 1 aliphatic heterocycles. The fourth-order valence-electron chi connectivity index (χ4n) is 4.73. The van der Waals surface area contributed by atoms with Crippen LogP contribution < -0.4 is 11.1 Å². The van der Waals surface area contributed by atoms with E-state index in [1.807, 2.05) is 72.3 Å². The maximum Gasteiger partial charge on any atom is 0.248 e. The van der Waals surface area contributed by atoms with E-state index in [0.717, 1.165) is 33.6 Å². The van der Waals surface area contributed by atoms with Crippen LogP contribution in [0.3, 0.4) is 0 Å². The van der Waals surface area contributed by atoms with E-state index in [4.69, 9.17) is 28.9 Å². The zero-order valence-electron chi connectivity index (χ0n) is 18.6. The number of nitrogens with zero attached hydrogens (tertiary/aromatic N) is 6. The molecule has 3 aromatic carbocycles. The molecule has 0 bridgehead atoms. The van der Waals surface area contributed by atoms with E-state index in [2.05, 4.69) is 31.9 Å². The van der Waals surface area contributed by atoms with Gasteiger partial charge in [-0.05, 0) is 63.5 Å². The molecule has 5 aromatic rings. The Kier molecular flexibility index (Phi) is 5.10. The van der Waals surface area contributed by atoms with Crippen molar-refractivity contribution in [2.24, 2.45) is 12.8 Å². The quantitative estimate of drug-likeness (QED) is 0.376. The number of aromatic nitrogens is 6. The third-order valence-electron chi connectivity index (χ3n) is 6.47. The lowest BCUT2D eigenvalue weighted by Gasteiger charge is -2.34. The van der Waals surface area contributed by atoms with Crippen LogP contribution in [0.4, 0.5) is 5.95 Å². The normalized spacial score (nSPS) is 16.2. The van der Waals surface area contributed by atoms with Crippen LogP contribution in [-0.4, -0.2) is 29.8 Å². The Morgan fingerprint density at radius 2 is 1.77 bits per heavy atom. The molecule has 3 N–H and O–H groups in total. The summed E-state index contributed by atoms with van der Waals surface area (Å²) >= 11 is 12.5. The molecule has 0 saturated carbocycles. The molecule has 10 heteroatoms. The lowest BCUT2D eigenvalue weighted by atomic mass is 9.79. The van der Waals surface area contributed by atoms with Gasteiger partial charge in [0, 0.05) is 22.7 Å². The summed E-state index contributed by atoms with van der Waals surface area (Å²) in [6.07, 6.45) is 3.54. The molecule has 0 spiro atoms. The van der Waals surface area contributed by atoms with Crippen molar-refractivity contribution in [2.75, 3.05) is 5.32 Å². The number of hydrogen-bond donors (Lipinski definition) is 2. The second kappa shape index (κ2) is 8.20. The molecule has 1 aliphatic rings. The molecule has 0 saturated heterocycles. The number of nitrogens with two attached hydrogens (primary N) is 1. The molecule has 174 valence electrons. The minimum Gasteiger partial charge on any atom is -0.342 e. The smallest absolute Gasteiger partial charge is 0.248 e. The highest BCUT2D eigenvalue weighted by Crippen LogP contribution is 2.41. The first-order chi connectivity index (χ1) is 16.9. The summed E-state index contributed by atoms with van der Waals surface area (Å²) in [5.74, 6) is 0.554. The molecular weight excluding hydrogens is 483 g/mol. The number of fused-ring (bicyclic) bond motifs is 3. The van der Waals surface area contributed by atoms with E-state index in [-0.39, 0.29) is 6.04 Å². The summed E-state index contributed by atoms with van der Waals surface area (Å²) in [6.45, 7) is 0. The highest BCUT2D eigenvalue weighted by atomic mass is 35.5. The number of hydrogen-bond acceptors (Lipinski definition) is 6. The van der Waals surface area contributed by atoms with Gasteiger partial charge in [0.15, 0.2) is 0 Å². The minimum absolute atomic E-state index is 0.233. The first-order valence-electron chi connectivity index (χ1n) is 10.9. The summed E-state index contributed by atoms with van der Waals surface area (Å²) in [5.41, 5.74) is 11.7. The average Bonchev–Trinajstić information content (AvgIpc) is 3.52. The van der Waals surface area contributed by atoms with Crippen LogP contribution >= 0.6 is 23.2 Å². The standard InChI is InChI=1S/C25H20Cl2N8/c1-34-14-29-13-22(34)25(28,16-5-8-18(26)9-6-16)17-7-10-21-20(12-17)23(15-3-2-4-19(27)11-15)30-24-31-32-33-35(21)24/h2-14,23H,28H2,1H3,(H,30,31,33). The van der Waals surface area contributed by atoms with Gasteiger partial charge in [-0.1, -0.05) is 58.6 Å². The lowest BCUT2D eigenvalue weighted by molar-refractivity contribution is 0.594. The topological polar surface area (TPSA) is 99.5 Å². The number of imidazole rings is 1. The first kappa shape index (κ1) is 21.8. The monoisotopic (exact) mass is 502 g/mol. The molecular formula is C25H20Cl2N8. The summed E-state index contributed by atoms with van der Waals surface area (Å²) in [6, 6.07) is 21.2. The predicted octanol–water partition coefficient (Wildman–Crippen LogP) is 4.47. The summed E-state index contributed by atoms with van der Waals surface area (Å²) < 4.78 is 3.62. The third-order valence-corrected chi connectivity index (χ3v) is 6.95. The van der Waals surface area contributed by atoms with Crippen LogP contribution in [0.15, 0.2) is 79.3 Å². The average molecular weight is 503 g/mol. The number of anilines is 1. The molecule has 0 amide bonds. The molecule has 35 heavy (non-hydrogen) atoms. The fourth-order valence-corrected chi connectivity index (χ4v) is 5.06. The van der Waals surface area contributed by atoms with Crippen molar-refractivity contribution in [2.45, 2.75) is 11.6 Å². The van der Waals surface area contributed by atoms with Crippen molar-refractivity contribution in [3.05, 3.63) is 117 Å². The van der Waals surface area contributed by atoms with Gasteiger partial charge in [0.25, 0.3) is 0 Å². The number of tetrazole rings is 1.